The van der Waals surface area contributed by atoms with Gasteiger partial charge in [0.15, 0.2) is 5.60 Å². The molecule has 1 saturated heterocycles. The summed E-state index contributed by atoms with van der Waals surface area (Å²) < 4.78 is 35.3. The number of hydrogen-bond donors (Lipinski definition) is 0. The van der Waals surface area contributed by atoms with Gasteiger partial charge in [-0.25, -0.2) is 9.78 Å². The van der Waals surface area contributed by atoms with Crippen LogP contribution in [0.2, 0.25) is 5.15 Å². The zero-order valence-corrected chi connectivity index (χ0v) is 16.5. The van der Waals surface area contributed by atoms with E-state index in [1.54, 1.807) is 23.1 Å². The van der Waals surface area contributed by atoms with Gasteiger partial charge in [-0.3, -0.25) is 4.79 Å². The van der Waals surface area contributed by atoms with Crippen LogP contribution in [0.15, 0.2) is 36.5 Å². The number of esters is 1. The Labute approximate surface area is 175 Å². The molecule has 1 unspecified atom stereocenters. The maximum atomic E-state index is 13.4. The van der Waals surface area contributed by atoms with Gasteiger partial charge in [-0.1, -0.05) is 23.7 Å². The third kappa shape index (κ3) is 2.93. The number of carbonyl (C=O) groups excluding carboxylic acids is 2. The average molecular weight is 435 g/mol. The molecule has 5 rings (SSSR count). The van der Waals surface area contributed by atoms with E-state index in [1.165, 1.54) is 18.3 Å². The number of nitrogens with zero attached hydrogens (tertiary/aromatic N) is 2. The number of carbonyl (C=O) groups is 2. The van der Waals surface area contributed by atoms with E-state index < -0.39 is 23.6 Å². The maximum absolute atomic E-state index is 13.4. The standard InChI is InChI=1S/C21H17ClF2N2O4/c22-16-9-15-14(10-25-16)17(27)30-21(15)6-7-26(11-21)18(28)20(4-5-20)12-2-1-3-13(8-12)29-19(23)24/h1-3,8-10,19H,4-7,11H2. The molecule has 0 N–H and O–H groups in total. The molecule has 1 saturated carbocycles. The molecule has 1 spiro atoms. The van der Waals surface area contributed by atoms with Crippen LogP contribution < -0.4 is 4.74 Å². The van der Waals surface area contributed by atoms with Gasteiger partial charge in [0.05, 0.1) is 17.5 Å². The predicted molar refractivity (Wildman–Crippen MR) is 102 cm³/mol. The van der Waals surface area contributed by atoms with Crippen molar-refractivity contribution in [3.8, 4) is 5.75 Å². The van der Waals surface area contributed by atoms with Gasteiger partial charge in [0.2, 0.25) is 5.91 Å². The van der Waals surface area contributed by atoms with Gasteiger partial charge >= 0.3 is 12.6 Å². The van der Waals surface area contributed by atoms with Gasteiger partial charge < -0.3 is 14.4 Å². The van der Waals surface area contributed by atoms with Crippen molar-refractivity contribution in [2.45, 2.75) is 36.9 Å². The fourth-order valence-electron chi connectivity index (χ4n) is 4.54. The minimum absolute atomic E-state index is 0.0280. The Morgan fingerprint density at radius 2 is 2.07 bits per heavy atom. The summed E-state index contributed by atoms with van der Waals surface area (Å²) in [4.78, 5) is 31.3. The number of pyridine rings is 1. The van der Waals surface area contributed by atoms with Crippen molar-refractivity contribution in [2.75, 3.05) is 13.1 Å². The van der Waals surface area contributed by atoms with Gasteiger partial charge in [0.25, 0.3) is 0 Å². The first-order valence-corrected chi connectivity index (χ1v) is 9.95. The molecule has 0 radical (unpaired) electrons. The van der Waals surface area contributed by atoms with Gasteiger partial charge in [0, 0.05) is 24.7 Å². The lowest BCUT2D eigenvalue weighted by atomic mass is 9.92. The third-order valence-corrected chi connectivity index (χ3v) is 6.37. The topological polar surface area (TPSA) is 68.7 Å². The molecule has 2 aromatic rings. The summed E-state index contributed by atoms with van der Waals surface area (Å²) in [5.74, 6) is -0.542. The highest BCUT2D eigenvalue weighted by Gasteiger charge is 2.58. The number of hydrogen-bond acceptors (Lipinski definition) is 5. The monoisotopic (exact) mass is 434 g/mol. The summed E-state index contributed by atoms with van der Waals surface area (Å²) in [6, 6.07) is 7.92. The van der Waals surface area contributed by atoms with Crippen LogP contribution in [0, 0.1) is 0 Å². The van der Waals surface area contributed by atoms with E-state index in [2.05, 4.69) is 9.72 Å². The lowest BCUT2D eigenvalue weighted by Crippen LogP contribution is -2.40. The first kappa shape index (κ1) is 19.2. The summed E-state index contributed by atoms with van der Waals surface area (Å²) in [6.45, 7) is -2.29. The van der Waals surface area contributed by atoms with Crippen LogP contribution in [0.25, 0.3) is 0 Å². The SMILES string of the molecule is O=C1OC2(CCN(C(=O)C3(c4cccc(OC(F)F)c4)CC3)C2)c2cc(Cl)ncc21. The molecule has 30 heavy (non-hydrogen) atoms. The molecule has 3 heterocycles. The number of alkyl halides is 2. The first-order valence-electron chi connectivity index (χ1n) is 9.57. The zero-order valence-electron chi connectivity index (χ0n) is 15.7. The van der Waals surface area contributed by atoms with Gasteiger partial charge in [-0.05, 0) is 36.6 Å². The Morgan fingerprint density at radius 3 is 2.80 bits per heavy atom. The van der Waals surface area contributed by atoms with Gasteiger partial charge in [0.1, 0.15) is 10.9 Å². The summed E-state index contributed by atoms with van der Waals surface area (Å²) >= 11 is 6.02. The summed E-state index contributed by atoms with van der Waals surface area (Å²) in [5, 5.41) is 0.255. The van der Waals surface area contributed by atoms with Crippen LogP contribution in [-0.4, -0.2) is 41.5 Å². The number of amides is 1. The molecule has 1 aromatic carbocycles. The first-order chi connectivity index (χ1) is 14.3. The van der Waals surface area contributed by atoms with Crippen molar-refractivity contribution in [2.24, 2.45) is 0 Å². The molecule has 9 heteroatoms. The number of halogens is 3. The molecule has 0 bridgehead atoms. The molecule has 1 atom stereocenters. The highest BCUT2D eigenvalue weighted by molar-refractivity contribution is 6.29. The number of rotatable bonds is 4. The summed E-state index contributed by atoms with van der Waals surface area (Å²) in [6.07, 6.45) is 3.11. The number of ether oxygens (including phenoxy) is 2. The van der Waals surface area contributed by atoms with E-state index in [0.717, 1.165) is 0 Å². The van der Waals surface area contributed by atoms with Crippen LogP contribution in [0.4, 0.5) is 8.78 Å². The summed E-state index contributed by atoms with van der Waals surface area (Å²) in [5.41, 5.74) is -0.00553. The molecule has 3 aliphatic rings. The Bertz CT molecular complexity index is 1060. The van der Waals surface area contributed by atoms with E-state index in [0.29, 0.717) is 42.5 Å². The van der Waals surface area contributed by atoms with E-state index in [4.69, 9.17) is 16.3 Å². The van der Waals surface area contributed by atoms with Crippen molar-refractivity contribution >= 4 is 23.5 Å². The molecular formula is C21H17ClF2N2O4. The lowest BCUT2D eigenvalue weighted by molar-refractivity contribution is -0.134. The Kier molecular flexibility index (Phi) is 4.25. The average Bonchev–Trinajstić information content (AvgIpc) is 3.35. The second-order valence-electron chi connectivity index (χ2n) is 7.90. The number of fused-ring (bicyclic) bond motifs is 2. The molecule has 6 nitrogen and oxygen atoms in total. The summed E-state index contributed by atoms with van der Waals surface area (Å²) in [7, 11) is 0. The van der Waals surface area contributed by atoms with E-state index >= 15 is 0 Å². The van der Waals surface area contributed by atoms with Gasteiger partial charge in [-0.2, -0.15) is 8.78 Å². The van der Waals surface area contributed by atoms with Crippen molar-refractivity contribution in [1.29, 1.82) is 0 Å². The van der Waals surface area contributed by atoms with Crippen LogP contribution >= 0.6 is 11.6 Å². The highest BCUT2D eigenvalue weighted by atomic mass is 35.5. The number of likely N-dealkylation sites (tertiary alicyclic amines) is 1. The highest BCUT2D eigenvalue weighted by Crippen LogP contribution is 2.52. The van der Waals surface area contributed by atoms with Crippen LogP contribution in [-0.2, 0) is 20.5 Å². The maximum Gasteiger partial charge on any atom is 0.387 e. The molecule has 2 fully saturated rings. The molecular weight excluding hydrogens is 418 g/mol. The van der Waals surface area contributed by atoms with Crippen LogP contribution in [0.3, 0.4) is 0 Å². The van der Waals surface area contributed by atoms with Crippen molar-refractivity contribution < 1.29 is 27.8 Å². The fraction of sp³-hybridized carbons (Fsp3) is 0.381. The van der Waals surface area contributed by atoms with E-state index in [1.807, 2.05) is 0 Å². The predicted octanol–water partition coefficient (Wildman–Crippen LogP) is 3.67. The minimum Gasteiger partial charge on any atom is -0.449 e. The number of aromatic nitrogens is 1. The minimum atomic E-state index is -2.93. The number of benzene rings is 1. The Morgan fingerprint density at radius 1 is 1.27 bits per heavy atom. The lowest BCUT2D eigenvalue weighted by Gasteiger charge is -2.27. The quantitative estimate of drug-likeness (QED) is 0.542. The zero-order chi connectivity index (χ0) is 21.1. The Balaban J connectivity index is 1.40. The fourth-order valence-corrected chi connectivity index (χ4v) is 4.70. The van der Waals surface area contributed by atoms with Crippen molar-refractivity contribution in [1.82, 2.24) is 9.88 Å². The van der Waals surface area contributed by atoms with Crippen LogP contribution in [0.1, 0.15) is 40.7 Å². The third-order valence-electron chi connectivity index (χ3n) is 6.16. The largest absolute Gasteiger partial charge is 0.449 e. The molecule has 156 valence electrons. The molecule has 1 aromatic heterocycles. The van der Waals surface area contributed by atoms with Gasteiger partial charge in [-0.15, -0.1) is 0 Å². The van der Waals surface area contributed by atoms with Crippen molar-refractivity contribution in [3.63, 3.8) is 0 Å². The van der Waals surface area contributed by atoms with E-state index in [-0.39, 0.29) is 23.4 Å². The van der Waals surface area contributed by atoms with Crippen LogP contribution in [0.5, 0.6) is 5.75 Å². The second-order valence-corrected chi connectivity index (χ2v) is 8.29. The normalized spacial score (nSPS) is 23.6. The Hall–Kier alpha value is -2.74. The van der Waals surface area contributed by atoms with Crippen molar-refractivity contribution in [3.05, 3.63) is 58.4 Å². The molecule has 2 aliphatic heterocycles. The molecule has 1 aliphatic carbocycles. The van der Waals surface area contributed by atoms with E-state index in [9.17, 15) is 18.4 Å². The smallest absolute Gasteiger partial charge is 0.387 e. The second kappa shape index (κ2) is 6.63. The molecule has 1 amide bonds.